The van der Waals surface area contributed by atoms with Crippen LogP contribution >= 0.6 is 23.2 Å². The quantitative estimate of drug-likeness (QED) is 0.334. The number of benzene rings is 1. The van der Waals surface area contributed by atoms with Crippen molar-refractivity contribution >= 4 is 34.9 Å². The van der Waals surface area contributed by atoms with Crippen LogP contribution in [0.4, 0.5) is 19.0 Å². The van der Waals surface area contributed by atoms with E-state index < -0.39 is 11.7 Å². The Bertz CT molecular complexity index is 734. The molecule has 22 heavy (non-hydrogen) atoms. The van der Waals surface area contributed by atoms with E-state index in [1.54, 1.807) is 0 Å². The molecule has 0 saturated carbocycles. The average Bonchev–Trinajstić information content (AvgIpc) is 2.78. The normalized spacial score (nSPS) is 12.7. The lowest BCUT2D eigenvalue weighted by Gasteiger charge is -2.13. The summed E-state index contributed by atoms with van der Waals surface area (Å²) in [5, 5.41) is 14.6. The summed E-state index contributed by atoms with van der Waals surface area (Å²) in [7, 11) is 0. The molecule has 0 aliphatic heterocycles. The number of oxime groups is 1. The fourth-order valence-corrected chi connectivity index (χ4v) is 2.33. The molecule has 0 fully saturated rings. The van der Waals surface area contributed by atoms with Gasteiger partial charge in [0, 0.05) is 6.07 Å². The molecule has 0 radical (unpaired) electrons. The van der Waals surface area contributed by atoms with Crippen molar-refractivity contribution in [2.75, 3.05) is 5.73 Å². The SMILES string of the molecule is N/C(=N\O)c1cc(N)n(-c2c(Cl)cc(C(F)(F)F)cc2Cl)n1. The van der Waals surface area contributed by atoms with E-state index in [1.165, 1.54) is 6.07 Å². The van der Waals surface area contributed by atoms with Crippen LogP contribution in [0.1, 0.15) is 11.3 Å². The van der Waals surface area contributed by atoms with E-state index >= 15 is 0 Å². The van der Waals surface area contributed by atoms with E-state index in [1.807, 2.05) is 0 Å². The lowest BCUT2D eigenvalue weighted by molar-refractivity contribution is -0.137. The second-order valence-corrected chi connectivity index (χ2v) is 4.95. The maximum Gasteiger partial charge on any atom is 0.416 e. The Labute approximate surface area is 131 Å². The molecule has 11 heteroatoms. The van der Waals surface area contributed by atoms with Crippen LogP contribution in [0, 0.1) is 0 Å². The van der Waals surface area contributed by atoms with Gasteiger partial charge in [0.05, 0.1) is 15.6 Å². The van der Waals surface area contributed by atoms with Crippen LogP contribution in [0.15, 0.2) is 23.4 Å². The molecule has 1 heterocycles. The minimum Gasteiger partial charge on any atom is -0.409 e. The summed E-state index contributed by atoms with van der Waals surface area (Å²) in [6.45, 7) is 0. The van der Waals surface area contributed by atoms with Gasteiger partial charge < -0.3 is 16.7 Å². The molecule has 0 atom stereocenters. The van der Waals surface area contributed by atoms with Gasteiger partial charge in [0.25, 0.3) is 0 Å². The fourth-order valence-electron chi connectivity index (χ4n) is 1.68. The molecular weight excluding hydrogens is 346 g/mol. The van der Waals surface area contributed by atoms with Gasteiger partial charge in [0.15, 0.2) is 5.84 Å². The molecular formula is C11H8Cl2F3N5O. The summed E-state index contributed by atoms with van der Waals surface area (Å²) in [5.41, 5.74) is 10.0. The number of hydrogen-bond donors (Lipinski definition) is 3. The molecule has 6 nitrogen and oxygen atoms in total. The predicted molar refractivity (Wildman–Crippen MR) is 75.5 cm³/mol. The number of rotatable bonds is 2. The fraction of sp³-hybridized carbons (Fsp3) is 0.0909. The van der Waals surface area contributed by atoms with Crippen LogP contribution in [-0.2, 0) is 6.18 Å². The molecule has 0 saturated heterocycles. The maximum absolute atomic E-state index is 12.7. The zero-order valence-corrected chi connectivity index (χ0v) is 12.1. The van der Waals surface area contributed by atoms with Gasteiger partial charge in [-0.15, -0.1) is 0 Å². The van der Waals surface area contributed by atoms with Gasteiger partial charge in [-0.05, 0) is 12.1 Å². The molecule has 0 amide bonds. The minimum atomic E-state index is -4.60. The molecule has 0 bridgehead atoms. The highest BCUT2D eigenvalue weighted by Gasteiger charge is 2.32. The third-order valence-electron chi connectivity index (χ3n) is 2.66. The number of halogens is 5. The number of nitrogen functional groups attached to an aromatic ring is 1. The van der Waals surface area contributed by atoms with Gasteiger partial charge in [0.2, 0.25) is 0 Å². The van der Waals surface area contributed by atoms with E-state index in [0.29, 0.717) is 12.1 Å². The van der Waals surface area contributed by atoms with Crippen LogP contribution in [0.3, 0.4) is 0 Å². The number of alkyl halides is 3. The topological polar surface area (TPSA) is 102 Å². The van der Waals surface area contributed by atoms with Crippen LogP contribution in [-0.4, -0.2) is 20.8 Å². The van der Waals surface area contributed by atoms with Gasteiger partial charge in [0.1, 0.15) is 17.2 Å². The van der Waals surface area contributed by atoms with E-state index in [4.69, 9.17) is 39.9 Å². The highest BCUT2D eigenvalue weighted by molar-refractivity contribution is 6.38. The van der Waals surface area contributed by atoms with Crippen molar-refractivity contribution < 1.29 is 18.4 Å². The van der Waals surface area contributed by atoms with Gasteiger partial charge in [-0.2, -0.15) is 18.3 Å². The number of nitrogens with zero attached hydrogens (tertiary/aromatic N) is 3. The molecule has 5 N–H and O–H groups in total. The number of hydrogen-bond acceptors (Lipinski definition) is 4. The summed E-state index contributed by atoms with van der Waals surface area (Å²) < 4.78 is 39.1. The third-order valence-corrected chi connectivity index (χ3v) is 3.24. The van der Waals surface area contributed by atoms with E-state index in [2.05, 4.69) is 10.3 Å². The molecule has 0 spiro atoms. The Morgan fingerprint density at radius 2 is 1.77 bits per heavy atom. The van der Waals surface area contributed by atoms with Gasteiger partial charge in [-0.3, -0.25) is 0 Å². The monoisotopic (exact) mass is 353 g/mol. The first-order valence-corrected chi connectivity index (χ1v) is 6.30. The standard InChI is InChI=1S/C11H8Cl2F3N5O/c12-5-1-4(11(14,15)16)2-6(13)9(5)21-8(17)3-7(19-21)10(18)20-22/h1-3,22H,17H2,(H2,18,20). The Morgan fingerprint density at radius 1 is 1.23 bits per heavy atom. The van der Waals surface area contributed by atoms with E-state index in [0.717, 1.165) is 4.68 Å². The molecule has 0 aliphatic rings. The lowest BCUT2D eigenvalue weighted by Crippen LogP contribution is -2.14. The summed E-state index contributed by atoms with van der Waals surface area (Å²) >= 11 is 11.7. The van der Waals surface area contributed by atoms with Gasteiger partial charge >= 0.3 is 6.18 Å². The van der Waals surface area contributed by atoms with Crippen LogP contribution in [0.25, 0.3) is 5.69 Å². The highest BCUT2D eigenvalue weighted by atomic mass is 35.5. The number of amidine groups is 1. The first-order valence-electron chi connectivity index (χ1n) is 5.55. The second kappa shape index (κ2) is 5.58. The average molecular weight is 354 g/mol. The minimum absolute atomic E-state index is 0.00651. The number of anilines is 1. The Balaban J connectivity index is 2.62. The summed E-state index contributed by atoms with van der Waals surface area (Å²) in [5.74, 6) is -0.338. The van der Waals surface area contributed by atoms with E-state index in [9.17, 15) is 13.2 Å². The zero-order valence-electron chi connectivity index (χ0n) is 10.6. The molecule has 0 unspecified atom stereocenters. The smallest absolute Gasteiger partial charge is 0.409 e. The van der Waals surface area contributed by atoms with Crippen molar-refractivity contribution in [1.82, 2.24) is 9.78 Å². The molecule has 2 rings (SSSR count). The summed E-state index contributed by atoms with van der Waals surface area (Å²) in [4.78, 5) is 0. The second-order valence-electron chi connectivity index (χ2n) is 4.14. The van der Waals surface area contributed by atoms with Gasteiger partial charge in [-0.25, -0.2) is 4.68 Å². The Kier molecular flexibility index (Phi) is 4.12. The maximum atomic E-state index is 12.7. The molecule has 1 aromatic carbocycles. The van der Waals surface area contributed by atoms with Crippen LogP contribution in [0.2, 0.25) is 10.0 Å². The van der Waals surface area contributed by atoms with Crippen molar-refractivity contribution in [3.63, 3.8) is 0 Å². The Morgan fingerprint density at radius 3 is 2.23 bits per heavy atom. The largest absolute Gasteiger partial charge is 0.416 e. The number of nitrogens with two attached hydrogens (primary N) is 2. The molecule has 2 aromatic rings. The summed E-state index contributed by atoms with van der Waals surface area (Å²) in [6.07, 6.45) is -4.60. The van der Waals surface area contributed by atoms with Crippen LogP contribution < -0.4 is 11.5 Å². The lowest BCUT2D eigenvalue weighted by atomic mass is 10.2. The number of aromatic nitrogens is 2. The highest BCUT2D eigenvalue weighted by Crippen LogP contribution is 2.38. The van der Waals surface area contributed by atoms with Gasteiger partial charge in [-0.1, -0.05) is 28.4 Å². The first kappa shape index (κ1) is 16.2. The van der Waals surface area contributed by atoms with Crippen molar-refractivity contribution in [2.45, 2.75) is 6.18 Å². The molecule has 0 aliphatic carbocycles. The van der Waals surface area contributed by atoms with Crippen molar-refractivity contribution in [3.05, 3.63) is 39.5 Å². The zero-order chi connectivity index (χ0) is 16.7. The predicted octanol–water partition coefficient (Wildman–Crippen LogP) is 2.87. The summed E-state index contributed by atoms with van der Waals surface area (Å²) in [6, 6.07) is 2.65. The third kappa shape index (κ3) is 2.90. The van der Waals surface area contributed by atoms with E-state index in [-0.39, 0.29) is 33.1 Å². The molecule has 1 aromatic heterocycles. The first-order chi connectivity index (χ1) is 10.1. The van der Waals surface area contributed by atoms with Crippen molar-refractivity contribution in [1.29, 1.82) is 0 Å². The van der Waals surface area contributed by atoms with Crippen molar-refractivity contribution in [3.8, 4) is 5.69 Å². The van der Waals surface area contributed by atoms with Crippen molar-refractivity contribution in [2.24, 2.45) is 10.9 Å². The molecule has 118 valence electrons. The van der Waals surface area contributed by atoms with Crippen LogP contribution in [0.5, 0.6) is 0 Å². The Hall–Kier alpha value is -2.13.